The van der Waals surface area contributed by atoms with E-state index < -0.39 is 17.4 Å². The lowest BCUT2D eigenvalue weighted by Gasteiger charge is -2.35. The summed E-state index contributed by atoms with van der Waals surface area (Å²) >= 11 is 0. The molecule has 0 bridgehead atoms. The molecule has 17 heavy (non-hydrogen) atoms. The maximum atomic E-state index is 11.4. The van der Waals surface area contributed by atoms with Crippen molar-refractivity contribution in [2.75, 3.05) is 6.54 Å². The molecule has 4 nitrogen and oxygen atoms in total. The van der Waals surface area contributed by atoms with Crippen LogP contribution in [-0.2, 0) is 21.5 Å². The fourth-order valence-electron chi connectivity index (χ4n) is 1.97. The fourth-order valence-corrected chi connectivity index (χ4v) is 1.97. The van der Waals surface area contributed by atoms with Gasteiger partial charge in [-0.2, -0.15) is 0 Å². The largest absolute Gasteiger partial charge is 0.345 e. The molecule has 2 amide bonds. The molecule has 1 unspecified atom stereocenters. The van der Waals surface area contributed by atoms with Gasteiger partial charge in [-0.25, -0.2) is 0 Å². The zero-order chi connectivity index (χ0) is 12.5. The summed E-state index contributed by atoms with van der Waals surface area (Å²) in [7, 11) is 0. The molecule has 1 fully saturated rings. The van der Waals surface area contributed by atoms with E-state index in [1.54, 1.807) is 0 Å². The average Bonchev–Trinajstić information content (AvgIpc) is 2.34. The number of aryl methyl sites for hydroxylation is 1. The van der Waals surface area contributed by atoms with E-state index in [9.17, 15) is 9.59 Å². The molecule has 1 heterocycles. The summed E-state index contributed by atoms with van der Waals surface area (Å²) < 4.78 is 0. The summed E-state index contributed by atoms with van der Waals surface area (Å²) in [5.74, 6) is -1.13. The van der Waals surface area contributed by atoms with E-state index >= 15 is 0 Å². The van der Waals surface area contributed by atoms with Crippen molar-refractivity contribution in [1.29, 1.82) is 0 Å². The van der Waals surface area contributed by atoms with E-state index in [0.717, 1.165) is 12.0 Å². The molecule has 2 N–H and O–H groups in total. The number of amides is 2. The maximum Gasteiger partial charge on any atom is 0.310 e. The van der Waals surface area contributed by atoms with Gasteiger partial charge in [0.25, 0.3) is 0 Å². The first-order chi connectivity index (χ1) is 8.05. The highest BCUT2D eigenvalue weighted by molar-refractivity contribution is 6.35. The van der Waals surface area contributed by atoms with Crippen molar-refractivity contribution in [2.24, 2.45) is 0 Å². The van der Waals surface area contributed by atoms with Gasteiger partial charge in [0.2, 0.25) is 0 Å². The lowest BCUT2D eigenvalue weighted by Crippen LogP contribution is -2.60. The van der Waals surface area contributed by atoms with Crippen LogP contribution in [0.5, 0.6) is 0 Å². The Morgan fingerprint density at radius 3 is 2.35 bits per heavy atom. The van der Waals surface area contributed by atoms with Crippen LogP contribution in [0.25, 0.3) is 0 Å². The second-order valence-corrected chi connectivity index (χ2v) is 4.52. The molecule has 1 atom stereocenters. The number of benzene rings is 1. The summed E-state index contributed by atoms with van der Waals surface area (Å²) in [6.07, 6.45) is 0.986. The van der Waals surface area contributed by atoms with Crippen molar-refractivity contribution in [3.8, 4) is 0 Å². The molecule has 1 aliphatic rings. The molecule has 1 aliphatic heterocycles. The van der Waals surface area contributed by atoms with E-state index in [2.05, 4.69) is 17.6 Å². The zero-order valence-corrected chi connectivity index (χ0v) is 10.0. The molecule has 0 aliphatic carbocycles. The van der Waals surface area contributed by atoms with Gasteiger partial charge in [-0.1, -0.05) is 31.2 Å². The molecule has 0 radical (unpaired) electrons. The molecule has 1 aromatic carbocycles. The number of nitrogens with one attached hydrogen (secondary N) is 2. The molecule has 4 heteroatoms. The third kappa shape index (κ3) is 2.16. The number of hydrogen-bond donors (Lipinski definition) is 2. The van der Waals surface area contributed by atoms with Gasteiger partial charge in [-0.3, -0.25) is 9.59 Å². The molecule has 0 aromatic heterocycles. The SMILES string of the molecule is CCc1ccc(C2(C)CNC(=O)C(=O)N2)cc1. The summed E-state index contributed by atoms with van der Waals surface area (Å²) in [6, 6.07) is 8.08. The van der Waals surface area contributed by atoms with Crippen molar-refractivity contribution in [2.45, 2.75) is 25.8 Å². The van der Waals surface area contributed by atoms with Crippen LogP contribution in [0.2, 0.25) is 0 Å². The van der Waals surface area contributed by atoms with Crippen LogP contribution in [0.15, 0.2) is 24.3 Å². The monoisotopic (exact) mass is 232 g/mol. The summed E-state index contributed by atoms with van der Waals surface area (Å²) in [5.41, 5.74) is 1.74. The van der Waals surface area contributed by atoms with E-state index in [4.69, 9.17) is 0 Å². The first kappa shape index (κ1) is 11.6. The minimum Gasteiger partial charge on any atom is -0.345 e. The smallest absolute Gasteiger partial charge is 0.310 e. The Balaban J connectivity index is 2.25. The first-order valence-corrected chi connectivity index (χ1v) is 5.75. The standard InChI is InChI=1S/C13H16N2O2/c1-3-9-4-6-10(7-5-9)13(2)8-14-11(16)12(17)15-13/h4-7H,3,8H2,1-2H3,(H,14,16)(H,15,17). The molecule has 0 spiro atoms. The van der Waals surface area contributed by atoms with Crippen LogP contribution in [0.4, 0.5) is 0 Å². The predicted octanol–water partition coefficient (Wildman–Crippen LogP) is 0.710. The van der Waals surface area contributed by atoms with Gasteiger partial charge in [0.05, 0.1) is 5.54 Å². The van der Waals surface area contributed by atoms with Gasteiger partial charge >= 0.3 is 11.8 Å². The predicted molar refractivity (Wildman–Crippen MR) is 64.3 cm³/mol. The van der Waals surface area contributed by atoms with E-state index in [-0.39, 0.29) is 0 Å². The van der Waals surface area contributed by atoms with Crippen molar-refractivity contribution < 1.29 is 9.59 Å². The van der Waals surface area contributed by atoms with E-state index in [1.807, 2.05) is 31.2 Å². The van der Waals surface area contributed by atoms with Gasteiger partial charge in [-0.05, 0) is 24.5 Å². The lowest BCUT2D eigenvalue weighted by atomic mass is 9.89. The van der Waals surface area contributed by atoms with Crippen LogP contribution in [0, 0.1) is 0 Å². The van der Waals surface area contributed by atoms with Gasteiger partial charge in [0.1, 0.15) is 0 Å². The van der Waals surface area contributed by atoms with Crippen LogP contribution in [-0.4, -0.2) is 18.4 Å². The number of hydrogen-bond acceptors (Lipinski definition) is 2. The fraction of sp³-hybridized carbons (Fsp3) is 0.385. The second-order valence-electron chi connectivity index (χ2n) is 4.52. The van der Waals surface area contributed by atoms with Crippen LogP contribution in [0.1, 0.15) is 25.0 Å². The maximum absolute atomic E-state index is 11.4. The number of carbonyl (C=O) groups excluding carboxylic acids is 2. The van der Waals surface area contributed by atoms with Gasteiger partial charge in [0, 0.05) is 6.54 Å². The highest BCUT2D eigenvalue weighted by atomic mass is 16.2. The highest BCUT2D eigenvalue weighted by Crippen LogP contribution is 2.22. The molecule has 1 aromatic rings. The Kier molecular flexibility index (Phi) is 2.88. The van der Waals surface area contributed by atoms with Crippen LogP contribution < -0.4 is 10.6 Å². The Morgan fingerprint density at radius 2 is 1.82 bits per heavy atom. The Morgan fingerprint density at radius 1 is 1.18 bits per heavy atom. The highest BCUT2D eigenvalue weighted by Gasteiger charge is 2.35. The molecular weight excluding hydrogens is 216 g/mol. The number of rotatable bonds is 2. The van der Waals surface area contributed by atoms with E-state index in [1.165, 1.54) is 5.56 Å². The number of piperazine rings is 1. The van der Waals surface area contributed by atoms with Crippen LogP contribution in [0.3, 0.4) is 0 Å². The molecule has 0 saturated carbocycles. The summed E-state index contributed by atoms with van der Waals surface area (Å²) in [6.45, 7) is 4.42. The van der Waals surface area contributed by atoms with Crippen molar-refractivity contribution >= 4 is 11.8 Å². The van der Waals surface area contributed by atoms with E-state index in [0.29, 0.717) is 6.54 Å². The molecular formula is C13H16N2O2. The normalized spacial score (nSPS) is 24.1. The van der Waals surface area contributed by atoms with Gasteiger partial charge < -0.3 is 10.6 Å². The van der Waals surface area contributed by atoms with Crippen LogP contribution >= 0.6 is 0 Å². The minimum atomic E-state index is -0.571. The molecule has 90 valence electrons. The molecule has 1 saturated heterocycles. The lowest BCUT2D eigenvalue weighted by molar-refractivity contribution is -0.142. The average molecular weight is 232 g/mol. The minimum absolute atomic E-state index is 0.420. The van der Waals surface area contributed by atoms with Crippen molar-refractivity contribution in [3.05, 3.63) is 35.4 Å². The summed E-state index contributed by atoms with van der Waals surface area (Å²) in [4.78, 5) is 22.5. The van der Waals surface area contributed by atoms with Crippen molar-refractivity contribution in [1.82, 2.24) is 10.6 Å². The zero-order valence-electron chi connectivity index (χ0n) is 10.0. The Labute approximate surface area is 100 Å². The quantitative estimate of drug-likeness (QED) is 0.738. The Hall–Kier alpha value is -1.84. The van der Waals surface area contributed by atoms with Gasteiger partial charge in [0.15, 0.2) is 0 Å². The Bertz CT molecular complexity index is 453. The first-order valence-electron chi connectivity index (χ1n) is 5.75. The topological polar surface area (TPSA) is 58.2 Å². The van der Waals surface area contributed by atoms with Crippen molar-refractivity contribution in [3.63, 3.8) is 0 Å². The third-order valence-corrected chi connectivity index (χ3v) is 3.20. The third-order valence-electron chi connectivity index (χ3n) is 3.20. The second kappa shape index (κ2) is 4.20. The summed E-state index contributed by atoms with van der Waals surface area (Å²) in [5, 5.41) is 5.34. The van der Waals surface area contributed by atoms with Gasteiger partial charge in [-0.15, -0.1) is 0 Å². The number of carbonyl (C=O) groups is 2. The molecule has 2 rings (SSSR count).